The van der Waals surface area contributed by atoms with Crippen molar-refractivity contribution in [2.75, 3.05) is 13.7 Å². The Morgan fingerprint density at radius 1 is 1.43 bits per heavy atom. The molecule has 21 heavy (non-hydrogen) atoms. The smallest absolute Gasteiger partial charge is 0.401 e. The first-order valence-electron chi connectivity index (χ1n) is 6.53. The molecule has 2 rings (SSSR count). The average molecular weight is 302 g/mol. The Balaban J connectivity index is 2.26. The second kappa shape index (κ2) is 5.55. The number of hydrogen-bond acceptors (Lipinski definition) is 3. The number of methoxy groups -OCH3 is 1. The highest BCUT2D eigenvalue weighted by Crippen LogP contribution is 2.32. The van der Waals surface area contributed by atoms with E-state index in [0.29, 0.717) is 12.2 Å². The molecule has 1 atom stereocenters. The molecule has 4 nitrogen and oxygen atoms in total. The summed E-state index contributed by atoms with van der Waals surface area (Å²) in [7, 11) is 1.51. The van der Waals surface area contributed by atoms with Crippen molar-refractivity contribution in [2.24, 2.45) is 5.73 Å². The second-order valence-corrected chi connectivity index (χ2v) is 5.23. The van der Waals surface area contributed by atoms with Crippen LogP contribution in [-0.4, -0.2) is 31.3 Å². The van der Waals surface area contributed by atoms with Crippen molar-refractivity contribution in [3.63, 3.8) is 0 Å². The topological polar surface area (TPSA) is 64.3 Å². The molecule has 0 heterocycles. The molecule has 0 saturated carbocycles. The van der Waals surface area contributed by atoms with Gasteiger partial charge < -0.3 is 10.5 Å². The molecule has 1 aromatic carbocycles. The third-order valence-corrected chi connectivity index (χ3v) is 3.83. The molecule has 1 aliphatic carbocycles. The van der Waals surface area contributed by atoms with Gasteiger partial charge in [0.05, 0.1) is 13.7 Å². The minimum atomic E-state index is -4.39. The SMILES string of the molecule is COc1ccc2c(c1)CC(NCC(F)(F)F)(C(N)=O)CC2. The third-order valence-electron chi connectivity index (χ3n) is 3.83. The molecule has 0 bridgehead atoms. The van der Waals surface area contributed by atoms with Crippen molar-refractivity contribution in [1.82, 2.24) is 5.32 Å². The number of primary amides is 1. The minimum absolute atomic E-state index is 0.130. The van der Waals surface area contributed by atoms with Gasteiger partial charge in [-0.2, -0.15) is 13.2 Å². The van der Waals surface area contributed by atoms with Crippen molar-refractivity contribution in [2.45, 2.75) is 31.0 Å². The molecule has 7 heteroatoms. The normalized spacial score (nSPS) is 21.7. The molecule has 1 aliphatic rings. The van der Waals surface area contributed by atoms with Crippen LogP contribution < -0.4 is 15.8 Å². The predicted molar refractivity (Wildman–Crippen MR) is 71.0 cm³/mol. The maximum absolute atomic E-state index is 12.4. The van der Waals surface area contributed by atoms with E-state index in [9.17, 15) is 18.0 Å². The third kappa shape index (κ3) is 3.47. The molecular formula is C14H17F3N2O2. The van der Waals surface area contributed by atoms with E-state index < -0.39 is 24.2 Å². The van der Waals surface area contributed by atoms with Crippen LogP contribution in [0.25, 0.3) is 0 Å². The molecule has 3 N–H and O–H groups in total. The highest BCUT2D eigenvalue weighted by Gasteiger charge is 2.42. The zero-order valence-corrected chi connectivity index (χ0v) is 11.6. The zero-order chi connectivity index (χ0) is 15.7. The molecular weight excluding hydrogens is 285 g/mol. The Morgan fingerprint density at radius 2 is 2.14 bits per heavy atom. The van der Waals surface area contributed by atoms with Gasteiger partial charge in [0.25, 0.3) is 0 Å². The van der Waals surface area contributed by atoms with Gasteiger partial charge in [0.15, 0.2) is 0 Å². The van der Waals surface area contributed by atoms with Gasteiger partial charge in [0.1, 0.15) is 11.3 Å². The molecule has 1 unspecified atom stereocenters. The van der Waals surface area contributed by atoms with Crippen molar-refractivity contribution < 1.29 is 22.7 Å². The van der Waals surface area contributed by atoms with Crippen molar-refractivity contribution in [1.29, 1.82) is 0 Å². The van der Waals surface area contributed by atoms with Gasteiger partial charge >= 0.3 is 6.18 Å². The van der Waals surface area contributed by atoms with E-state index >= 15 is 0 Å². The summed E-state index contributed by atoms with van der Waals surface area (Å²) in [6.45, 7) is -1.24. The number of carbonyl (C=O) groups is 1. The molecule has 0 spiro atoms. The minimum Gasteiger partial charge on any atom is -0.497 e. The van der Waals surface area contributed by atoms with Crippen LogP contribution in [0.15, 0.2) is 18.2 Å². The van der Waals surface area contributed by atoms with Crippen LogP contribution in [0.4, 0.5) is 13.2 Å². The van der Waals surface area contributed by atoms with Crippen LogP contribution in [-0.2, 0) is 17.6 Å². The number of nitrogens with one attached hydrogen (secondary N) is 1. The number of carbonyl (C=O) groups excluding carboxylic acids is 1. The molecule has 116 valence electrons. The lowest BCUT2D eigenvalue weighted by Gasteiger charge is -2.36. The maximum Gasteiger partial charge on any atom is 0.401 e. The van der Waals surface area contributed by atoms with Crippen molar-refractivity contribution >= 4 is 5.91 Å². The predicted octanol–water partition coefficient (Wildman–Crippen LogP) is 1.56. The molecule has 0 saturated heterocycles. The number of rotatable bonds is 4. The summed E-state index contributed by atoms with van der Waals surface area (Å²) in [6.07, 6.45) is -3.52. The highest BCUT2D eigenvalue weighted by molar-refractivity contribution is 5.85. The summed E-state index contributed by atoms with van der Waals surface area (Å²) in [5.74, 6) is -0.162. The number of aryl methyl sites for hydroxylation is 1. The zero-order valence-electron chi connectivity index (χ0n) is 11.6. The van der Waals surface area contributed by atoms with E-state index in [2.05, 4.69) is 5.32 Å². The summed E-state index contributed by atoms with van der Waals surface area (Å²) in [4.78, 5) is 11.7. The number of fused-ring (bicyclic) bond motifs is 1. The Kier molecular flexibility index (Phi) is 4.13. The van der Waals surface area contributed by atoms with Crippen LogP contribution >= 0.6 is 0 Å². The fraction of sp³-hybridized carbons (Fsp3) is 0.500. The van der Waals surface area contributed by atoms with Crippen LogP contribution in [0.2, 0.25) is 0 Å². The van der Waals surface area contributed by atoms with Gasteiger partial charge in [-0.05, 0) is 36.1 Å². The first kappa shape index (κ1) is 15.6. The van der Waals surface area contributed by atoms with E-state index in [1.807, 2.05) is 6.07 Å². The number of amides is 1. The van der Waals surface area contributed by atoms with E-state index in [1.165, 1.54) is 7.11 Å². The van der Waals surface area contributed by atoms with Crippen molar-refractivity contribution in [3.8, 4) is 5.75 Å². The summed E-state index contributed by atoms with van der Waals surface area (Å²) < 4.78 is 42.4. The first-order chi connectivity index (χ1) is 9.76. The lowest BCUT2D eigenvalue weighted by molar-refractivity contribution is -0.136. The molecule has 1 aromatic rings. The number of nitrogens with two attached hydrogens (primary N) is 1. The summed E-state index contributed by atoms with van der Waals surface area (Å²) in [5, 5.41) is 2.31. The molecule has 0 fully saturated rings. The van der Waals surface area contributed by atoms with E-state index in [1.54, 1.807) is 12.1 Å². The first-order valence-corrected chi connectivity index (χ1v) is 6.53. The van der Waals surface area contributed by atoms with E-state index in [-0.39, 0.29) is 12.8 Å². The highest BCUT2D eigenvalue weighted by atomic mass is 19.4. The number of benzene rings is 1. The Labute approximate surface area is 120 Å². The van der Waals surface area contributed by atoms with Crippen molar-refractivity contribution in [3.05, 3.63) is 29.3 Å². The standard InChI is InChI=1S/C14H17F3N2O2/c1-21-11-3-2-9-4-5-13(12(18)20,7-10(9)6-11)19-8-14(15,16)17/h2-3,6,19H,4-5,7-8H2,1H3,(H2,18,20). The van der Waals surface area contributed by atoms with Gasteiger partial charge in [-0.25, -0.2) is 0 Å². The monoisotopic (exact) mass is 302 g/mol. The summed E-state index contributed by atoms with van der Waals surface area (Å²) in [6, 6.07) is 5.39. The van der Waals surface area contributed by atoms with Crippen LogP contribution in [0.5, 0.6) is 5.75 Å². The van der Waals surface area contributed by atoms with Crippen LogP contribution in [0, 0.1) is 0 Å². The fourth-order valence-corrected chi connectivity index (χ4v) is 2.62. The summed E-state index contributed by atoms with van der Waals surface area (Å²) >= 11 is 0. The Morgan fingerprint density at radius 3 is 2.71 bits per heavy atom. The Bertz CT molecular complexity index is 546. The van der Waals surface area contributed by atoms with Gasteiger partial charge in [-0.1, -0.05) is 6.07 Å². The fourth-order valence-electron chi connectivity index (χ4n) is 2.62. The lowest BCUT2D eigenvalue weighted by atomic mass is 9.77. The largest absolute Gasteiger partial charge is 0.497 e. The number of alkyl halides is 3. The quantitative estimate of drug-likeness (QED) is 0.887. The molecule has 1 amide bonds. The number of ether oxygens (including phenoxy) is 1. The van der Waals surface area contributed by atoms with Crippen LogP contribution in [0.1, 0.15) is 17.5 Å². The van der Waals surface area contributed by atoms with E-state index in [4.69, 9.17) is 10.5 Å². The number of halogens is 3. The van der Waals surface area contributed by atoms with Crippen LogP contribution in [0.3, 0.4) is 0 Å². The molecule has 0 radical (unpaired) electrons. The maximum atomic E-state index is 12.4. The molecule has 0 aromatic heterocycles. The number of hydrogen-bond donors (Lipinski definition) is 2. The van der Waals surface area contributed by atoms with Gasteiger partial charge in [0.2, 0.25) is 5.91 Å². The van der Waals surface area contributed by atoms with Gasteiger partial charge in [-0.3, -0.25) is 10.1 Å². The second-order valence-electron chi connectivity index (χ2n) is 5.23. The van der Waals surface area contributed by atoms with Gasteiger partial charge in [0, 0.05) is 6.42 Å². The summed E-state index contributed by atoms with van der Waals surface area (Å²) in [5.41, 5.74) is 5.78. The molecule has 0 aliphatic heterocycles. The average Bonchev–Trinajstić information content (AvgIpc) is 2.43. The van der Waals surface area contributed by atoms with E-state index in [0.717, 1.165) is 11.1 Å². The lowest BCUT2D eigenvalue weighted by Crippen LogP contribution is -2.60. The van der Waals surface area contributed by atoms with Gasteiger partial charge in [-0.15, -0.1) is 0 Å². The Hall–Kier alpha value is -1.76.